The third-order valence-electron chi connectivity index (χ3n) is 5.80. The number of carbonyl (C=O) groups is 2. The van der Waals surface area contributed by atoms with Gasteiger partial charge in [0.15, 0.2) is 0 Å². The number of benzene rings is 1. The first-order valence-corrected chi connectivity index (χ1v) is 10.7. The molecule has 0 saturated carbocycles. The number of methoxy groups -OCH3 is 1. The maximum Gasteiger partial charge on any atom is 0.226 e. The molecule has 1 aromatic heterocycles. The summed E-state index contributed by atoms with van der Waals surface area (Å²) in [5, 5.41) is 3.10. The number of aryl methyl sites for hydroxylation is 1. The zero-order valence-electron chi connectivity index (χ0n) is 18.3. The minimum absolute atomic E-state index is 0.0681. The fraction of sp³-hybridized carbons (Fsp3) is 0.500. The number of nitrogens with one attached hydrogen (secondary N) is 1. The molecule has 6 nitrogen and oxygen atoms in total. The highest BCUT2D eigenvalue weighted by Gasteiger charge is 2.41. The first-order valence-electron chi connectivity index (χ1n) is 10.7. The number of likely N-dealkylation sites (tertiary alicyclic amines) is 1. The maximum atomic E-state index is 13.4. The average molecular weight is 413 g/mol. The summed E-state index contributed by atoms with van der Waals surface area (Å²) in [4.78, 5) is 28.1. The van der Waals surface area contributed by atoms with Crippen LogP contribution >= 0.6 is 0 Å². The van der Waals surface area contributed by atoms with Crippen LogP contribution in [0.15, 0.2) is 40.8 Å². The molecule has 30 heavy (non-hydrogen) atoms. The quantitative estimate of drug-likeness (QED) is 0.690. The summed E-state index contributed by atoms with van der Waals surface area (Å²) < 4.78 is 11.3. The summed E-state index contributed by atoms with van der Waals surface area (Å²) in [5.74, 6) is 1.91. The topological polar surface area (TPSA) is 71.8 Å². The number of para-hydroxylation sites is 1. The standard InChI is InChI=1S/C24H32N2O4/c1-5-6-15-26-22(27)14-12-19(23(26)18-9-7-8-10-21(18)29-4)24(28)25-17(3)20-13-11-16(2)30-20/h7-11,13,17,19,23H,5-6,12,14-15H2,1-4H3,(H,25,28). The molecule has 0 radical (unpaired) electrons. The molecule has 0 aliphatic carbocycles. The molecule has 1 saturated heterocycles. The first-order chi connectivity index (χ1) is 14.5. The molecule has 1 fully saturated rings. The minimum Gasteiger partial charge on any atom is -0.496 e. The molecule has 2 heterocycles. The van der Waals surface area contributed by atoms with Crippen LogP contribution in [-0.4, -0.2) is 30.4 Å². The van der Waals surface area contributed by atoms with E-state index >= 15 is 0 Å². The number of unbranched alkanes of at least 4 members (excludes halogenated alkanes) is 1. The number of carbonyl (C=O) groups excluding carboxylic acids is 2. The monoisotopic (exact) mass is 412 g/mol. The normalized spacial score (nSPS) is 20.1. The van der Waals surface area contributed by atoms with Gasteiger partial charge in [-0.2, -0.15) is 0 Å². The Morgan fingerprint density at radius 2 is 2.07 bits per heavy atom. The number of nitrogens with zero attached hydrogens (tertiary/aromatic N) is 1. The largest absolute Gasteiger partial charge is 0.496 e. The van der Waals surface area contributed by atoms with Gasteiger partial charge in [0.2, 0.25) is 11.8 Å². The molecular weight excluding hydrogens is 380 g/mol. The van der Waals surface area contributed by atoms with E-state index in [9.17, 15) is 9.59 Å². The van der Waals surface area contributed by atoms with E-state index in [0.717, 1.165) is 29.9 Å². The van der Waals surface area contributed by atoms with Crippen molar-refractivity contribution in [3.05, 3.63) is 53.5 Å². The Morgan fingerprint density at radius 1 is 1.30 bits per heavy atom. The van der Waals surface area contributed by atoms with Crippen molar-refractivity contribution in [2.75, 3.05) is 13.7 Å². The van der Waals surface area contributed by atoms with Crippen LogP contribution in [0, 0.1) is 12.8 Å². The van der Waals surface area contributed by atoms with E-state index in [-0.39, 0.29) is 29.8 Å². The summed E-state index contributed by atoms with van der Waals surface area (Å²) in [5.41, 5.74) is 0.880. The van der Waals surface area contributed by atoms with Crippen molar-refractivity contribution >= 4 is 11.8 Å². The Morgan fingerprint density at radius 3 is 2.73 bits per heavy atom. The molecule has 3 atom stereocenters. The highest BCUT2D eigenvalue weighted by Crippen LogP contribution is 2.41. The summed E-state index contributed by atoms with van der Waals surface area (Å²) in [6.45, 7) is 6.53. The van der Waals surface area contributed by atoms with Crippen LogP contribution in [-0.2, 0) is 9.59 Å². The smallest absolute Gasteiger partial charge is 0.226 e. The maximum absolute atomic E-state index is 13.4. The minimum atomic E-state index is -0.352. The summed E-state index contributed by atoms with van der Waals surface area (Å²) in [6, 6.07) is 10.9. The molecule has 1 aliphatic heterocycles. The number of rotatable bonds is 8. The van der Waals surface area contributed by atoms with Gasteiger partial charge in [0.25, 0.3) is 0 Å². The van der Waals surface area contributed by atoms with Crippen LogP contribution in [0.3, 0.4) is 0 Å². The summed E-state index contributed by atoms with van der Waals surface area (Å²) in [7, 11) is 1.62. The van der Waals surface area contributed by atoms with Crippen molar-refractivity contribution in [3.8, 4) is 5.75 Å². The van der Waals surface area contributed by atoms with Gasteiger partial charge in [-0.3, -0.25) is 9.59 Å². The van der Waals surface area contributed by atoms with Gasteiger partial charge in [-0.15, -0.1) is 0 Å². The third-order valence-corrected chi connectivity index (χ3v) is 5.80. The van der Waals surface area contributed by atoms with E-state index < -0.39 is 0 Å². The number of ether oxygens (including phenoxy) is 1. The lowest BCUT2D eigenvalue weighted by molar-refractivity contribution is -0.143. The second-order valence-electron chi connectivity index (χ2n) is 7.95. The van der Waals surface area contributed by atoms with E-state index in [1.807, 2.05) is 55.1 Å². The predicted molar refractivity (Wildman–Crippen MR) is 115 cm³/mol. The van der Waals surface area contributed by atoms with E-state index in [4.69, 9.17) is 9.15 Å². The Bertz CT molecular complexity index is 876. The third kappa shape index (κ3) is 4.69. The molecule has 2 aromatic rings. The highest BCUT2D eigenvalue weighted by atomic mass is 16.5. The highest BCUT2D eigenvalue weighted by molar-refractivity contribution is 5.85. The SMILES string of the molecule is CCCCN1C(=O)CCC(C(=O)NC(C)c2ccc(C)o2)C1c1ccccc1OC. The van der Waals surface area contributed by atoms with Crippen LogP contribution < -0.4 is 10.1 Å². The van der Waals surface area contributed by atoms with Gasteiger partial charge in [-0.1, -0.05) is 31.5 Å². The number of amides is 2. The molecule has 1 aliphatic rings. The van der Waals surface area contributed by atoms with Crippen LogP contribution in [0.25, 0.3) is 0 Å². The second kappa shape index (κ2) is 9.83. The number of furan rings is 1. The molecule has 0 spiro atoms. The number of piperidine rings is 1. The Hall–Kier alpha value is -2.76. The van der Waals surface area contributed by atoms with Gasteiger partial charge in [0.05, 0.1) is 25.1 Å². The zero-order valence-corrected chi connectivity index (χ0v) is 18.3. The number of hydrogen-bond donors (Lipinski definition) is 1. The fourth-order valence-electron chi connectivity index (χ4n) is 4.19. The van der Waals surface area contributed by atoms with Crippen LogP contribution in [0.4, 0.5) is 0 Å². The van der Waals surface area contributed by atoms with Crippen LogP contribution in [0.1, 0.15) is 68.7 Å². The molecule has 0 bridgehead atoms. The molecule has 3 unspecified atom stereocenters. The number of hydrogen-bond acceptors (Lipinski definition) is 4. The van der Waals surface area contributed by atoms with Gasteiger partial charge in [-0.05, 0) is 44.9 Å². The van der Waals surface area contributed by atoms with Crippen molar-refractivity contribution in [1.29, 1.82) is 0 Å². The first kappa shape index (κ1) is 21.9. The van der Waals surface area contributed by atoms with Gasteiger partial charge in [-0.25, -0.2) is 0 Å². The van der Waals surface area contributed by atoms with Gasteiger partial charge < -0.3 is 19.4 Å². The van der Waals surface area contributed by atoms with Crippen LogP contribution in [0.2, 0.25) is 0 Å². The Balaban J connectivity index is 1.91. The summed E-state index contributed by atoms with van der Waals surface area (Å²) >= 11 is 0. The molecule has 1 N–H and O–H groups in total. The van der Waals surface area contributed by atoms with Crippen molar-refractivity contribution in [2.24, 2.45) is 5.92 Å². The predicted octanol–water partition coefficient (Wildman–Crippen LogP) is 4.55. The van der Waals surface area contributed by atoms with Crippen molar-refractivity contribution in [2.45, 2.75) is 58.5 Å². The Labute approximate surface area is 178 Å². The van der Waals surface area contributed by atoms with E-state index in [1.54, 1.807) is 7.11 Å². The van der Waals surface area contributed by atoms with Gasteiger partial charge >= 0.3 is 0 Å². The molecule has 6 heteroatoms. The lowest BCUT2D eigenvalue weighted by Gasteiger charge is -2.41. The average Bonchev–Trinajstić information content (AvgIpc) is 3.19. The lowest BCUT2D eigenvalue weighted by Crippen LogP contribution is -2.48. The second-order valence-corrected chi connectivity index (χ2v) is 7.95. The molecule has 1 aromatic carbocycles. The van der Waals surface area contributed by atoms with Crippen molar-refractivity contribution in [1.82, 2.24) is 10.2 Å². The van der Waals surface area contributed by atoms with Crippen molar-refractivity contribution < 1.29 is 18.7 Å². The molecule has 2 amide bonds. The Kier molecular flexibility index (Phi) is 7.19. The zero-order chi connectivity index (χ0) is 21.7. The van der Waals surface area contributed by atoms with Gasteiger partial charge in [0.1, 0.15) is 17.3 Å². The molecule has 3 rings (SSSR count). The lowest BCUT2D eigenvalue weighted by atomic mass is 9.82. The van der Waals surface area contributed by atoms with Crippen LogP contribution in [0.5, 0.6) is 5.75 Å². The van der Waals surface area contributed by atoms with E-state index in [0.29, 0.717) is 25.1 Å². The van der Waals surface area contributed by atoms with Crippen molar-refractivity contribution in [3.63, 3.8) is 0 Å². The summed E-state index contributed by atoms with van der Waals surface area (Å²) in [6.07, 6.45) is 2.77. The molecule has 162 valence electrons. The van der Waals surface area contributed by atoms with E-state index in [1.165, 1.54) is 0 Å². The van der Waals surface area contributed by atoms with Gasteiger partial charge in [0, 0.05) is 18.5 Å². The van der Waals surface area contributed by atoms with E-state index in [2.05, 4.69) is 12.2 Å². The fourth-order valence-corrected chi connectivity index (χ4v) is 4.19. The molecular formula is C24H32N2O4.